The molecule has 0 radical (unpaired) electrons. The molecule has 3 aromatic rings. The van der Waals surface area contributed by atoms with Crippen LogP contribution in [0.25, 0.3) is 5.69 Å². The highest BCUT2D eigenvalue weighted by atomic mass is 32.2. The first-order chi connectivity index (χ1) is 13.2. The second-order valence-electron chi connectivity index (χ2n) is 5.56. The number of ether oxygens (including phenoxy) is 1. The van der Waals surface area contributed by atoms with Gasteiger partial charge in [-0.05, 0) is 42.0 Å². The molecule has 0 aliphatic heterocycles. The molecule has 0 saturated heterocycles. The summed E-state index contributed by atoms with van der Waals surface area (Å²) in [6, 6.07) is 16.7. The van der Waals surface area contributed by atoms with Crippen molar-refractivity contribution in [1.82, 2.24) is 20.1 Å². The van der Waals surface area contributed by atoms with Crippen LogP contribution in [-0.2, 0) is 11.3 Å². The van der Waals surface area contributed by atoms with Crippen LogP contribution in [0.1, 0.15) is 11.1 Å². The second kappa shape index (κ2) is 8.87. The van der Waals surface area contributed by atoms with Crippen molar-refractivity contribution in [2.75, 3.05) is 12.9 Å². The Morgan fingerprint density at radius 3 is 2.63 bits per heavy atom. The summed E-state index contributed by atoms with van der Waals surface area (Å²) >= 11 is 1.31. The molecule has 0 fully saturated rings. The fraction of sp³-hybridized carbons (Fsp3) is 0.158. The topological polar surface area (TPSA) is 92.8 Å². The van der Waals surface area contributed by atoms with E-state index in [1.807, 2.05) is 41.0 Å². The number of hydrogen-bond acceptors (Lipinski definition) is 6. The van der Waals surface area contributed by atoms with E-state index in [4.69, 9.17) is 10.00 Å². The van der Waals surface area contributed by atoms with Gasteiger partial charge in [0.15, 0.2) is 5.16 Å². The number of hydrogen-bond donors (Lipinski definition) is 1. The number of aromatic nitrogens is 3. The Bertz CT molecular complexity index is 945. The molecule has 1 amide bonds. The number of nitrogens with zero attached hydrogens (tertiary/aromatic N) is 4. The summed E-state index contributed by atoms with van der Waals surface area (Å²) < 4.78 is 6.97. The lowest BCUT2D eigenvalue weighted by Gasteiger charge is -2.08. The van der Waals surface area contributed by atoms with Crippen LogP contribution in [0, 0.1) is 11.3 Å². The minimum Gasteiger partial charge on any atom is -0.497 e. The minimum absolute atomic E-state index is 0.103. The van der Waals surface area contributed by atoms with E-state index in [0.29, 0.717) is 17.3 Å². The van der Waals surface area contributed by atoms with Gasteiger partial charge in [0.25, 0.3) is 0 Å². The first kappa shape index (κ1) is 18.5. The van der Waals surface area contributed by atoms with E-state index in [1.54, 1.807) is 25.6 Å². The van der Waals surface area contributed by atoms with Gasteiger partial charge in [0.2, 0.25) is 5.91 Å². The van der Waals surface area contributed by atoms with Crippen molar-refractivity contribution in [2.24, 2.45) is 0 Å². The summed E-state index contributed by atoms with van der Waals surface area (Å²) in [5.74, 6) is 0.891. The Balaban J connectivity index is 1.54. The first-order valence-electron chi connectivity index (χ1n) is 8.12. The molecule has 0 atom stereocenters. The largest absolute Gasteiger partial charge is 0.497 e. The molecular formula is C19H17N5O2S. The van der Waals surface area contributed by atoms with Gasteiger partial charge in [-0.15, -0.1) is 10.2 Å². The number of carbonyl (C=O) groups is 1. The zero-order chi connectivity index (χ0) is 19.1. The molecule has 0 saturated carbocycles. The van der Waals surface area contributed by atoms with Crippen LogP contribution in [0.2, 0.25) is 0 Å². The zero-order valence-electron chi connectivity index (χ0n) is 14.6. The maximum Gasteiger partial charge on any atom is 0.230 e. The summed E-state index contributed by atoms with van der Waals surface area (Å²) in [5.41, 5.74) is 2.42. The molecule has 136 valence electrons. The molecule has 0 bridgehead atoms. The highest BCUT2D eigenvalue weighted by Crippen LogP contribution is 2.21. The summed E-state index contributed by atoms with van der Waals surface area (Å²) in [4.78, 5) is 12.1. The fourth-order valence-electron chi connectivity index (χ4n) is 2.32. The molecule has 0 unspecified atom stereocenters. The number of methoxy groups -OCH3 is 1. The van der Waals surface area contributed by atoms with Crippen molar-refractivity contribution in [3.8, 4) is 17.5 Å². The molecule has 7 nitrogen and oxygen atoms in total. The first-order valence-corrected chi connectivity index (χ1v) is 9.11. The third-order valence-corrected chi connectivity index (χ3v) is 4.72. The molecule has 1 aromatic heterocycles. The predicted molar refractivity (Wildman–Crippen MR) is 102 cm³/mol. The highest BCUT2D eigenvalue weighted by molar-refractivity contribution is 7.99. The Labute approximate surface area is 161 Å². The van der Waals surface area contributed by atoms with Gasteiger partial charge < -0.3 is 10.1 Å². The van der Waals surface area contributed by atoms with Gasteiger partial charge in [0.05, 0.1) is 24.5 Å². The maximum absolute atomic E-state index is 12.1. The highest BCUT2D eigenvalue weighted by Gasteiger charge is 2.10. The van der Waals surface area contributed by atoms with Crippen LogP contribution in [0.15, 0.2) is 60.0 Å². The van der Waals surface area contributed by atoms with Crippen molar-refractivity contribution in [3.63, 3.8) is 0 Å². The standard InChI is InChI=1S/C19H17N5O2S/c1-26-17-8-6-16(7-9-17)24-13-22-23-19(24)27-12-18(25)21-11-15-4-2-14(10-20)3-5-15/h2-9,13H,11-12H2,1H3,(H,21,25). The van der Waals surface area contributed by atoms with Crippen molar-refractivity contribution in [2.45, 2.75) is 11.7 Å². The number of thioether (sulfide) groups is 1. The SMILES string of the molecule is COc1ccc(-n2cnnc2SCC(=O)NCc2ccc(C#N)cc2)cc1. The number of rotatable bonds is 7. The van der Waals surface area contributed by atoms with Gasteiger partial charge in [-0.25, -0.2) is 0 Å². The molecular weight excluding hydrogens is 362 g/mol. The quantitative estimate of drug-likeness (QED) is 0.634. The van der Waals surface area contributed by atoms with Crippen LogP contribution in [0.5, 0.6) is 5.75 Å². The second-order valence-corrected chi connectivity index (χ2v) is 6.50. The maximum atomic E-state index is 12.1. The van der Waals surface area contributed by atoms with Gasteiger partial charge in [0.1, 0.15) is 12.1 Å². The Morgan fingerprint density at radius 2 is 1.96 bits per heavy atom. The average Bonchev–Trinajstić information content (AvgIpc) is 3.19. The van der Waals surface area contributed by atoms with Gasteiger partial charge >= 0.3 is 0 Å². The van der Waals surface area contributed by atoms with Gasteiger partial charge in [-0.3, -0.25) is 9.36 Å². The van der Waals surface area contributed by atoms with Gasteiger partial charge in [-0.1, -0.05) is 23.9 Å². The van der Waals surface area contributed by atoms with Gasteiger partial charge in [-0.2, -0.15) is 5.26 Å². The van der Waals surface area contributed by atoms with Gasteiger partial charge in [0, 0.05) is 12.2 Å². The lowest BCUT2D eigenvalue weighted by atomic mass is 10.1. The summed E-state index contributed by atoms with van der Waals surface area (Å²) in [5, 5.41) is 20.3. The molecule has 2 aromatic carbocycles. The number of nitriles is 1. The van der Waals surface area contributed by atoms with E-state index in [1.165, 1.54) is 11.8 Å². The number of carbonyl (C=O) groups excluding carboxylic acids is 1. The number of nitrogens with one attached hydrogen (secondary N) is 1. The fourth-order valence-corrected chi connectivity index (χ4v) is 3.08. The van der Waals surface area contributed by atoms with Crippen LogP contribution >= 0.6 is 11.8 Å². The number of benzene rings is 2. The molecule has 0 spiro atoms. The minimum atomic E-state index is -0.103. The number of amides is 1. The molecule has 8 heteroatoms. The molecule has 1 heterocycles. The van der Waals surface area contributed by atoms with Crippen LogP contribution in [0.3, 0.4) is 0 Å². The van der Waals surface area contributed by atoms with Crippen LogP contribution in [-0.4, -0.2) is 33.5 Å². The van der Waals surface area contributed by atoms with E-state index in [-0.39, 0.29) is 11.7 Å². The lowest BCUT2D eigenvalue weighted by molar-refractivity contribution is -0.118. The predicted octanol–water partition coefficient (Wildman–Crippen LogP) is 2.56. The van der Waals surface area contributed by atoms with E-state index < -0.39 is 0 Å². The smallest absolute Gasteiger partial charge is 0.230 e. The summed E-state index contributed by atoms with van der Waals surface area (Å²) in [6.45, 7) is 0.413. The molecule has 0 aliphatic rings. The molecule has 1 N–H and O–H groups in total. The van der Waals surface area contributed by atoms with Crippen molar-refractivity contribution < 1.29 is 9.53 Å². The lowest BCUT2D eigenvalue weighted by Crippen LogP contribution is -2.24. The molecule has 0 aliphatic carbocycles. The molecule has 27 heavy (non-hydrogen) atoms. The van der Waals surface area contributed by atoms with Crippen LogP contribution in [0.4, 0.5) is 0 Å². The van der Waals surface area contributed by atoms with E-state index in [2.05, 4.69) is 21.6 Å². The Morgan fingerprint density at radius 1 is 1.22 bits per heavy atom. The summed E-state index contributed by atoms with van der Waals surface area (Å²) in [7, 11) is 1.62. The van der Waals surface area contributed by atoms with Crippen LogP contribution < -0.4 is 10.1 Å². The van der Waals surface area contributed by atoms with Crippen molar-refractivity contribution >= 4 is 17.7 Å². The molecule has 3 rings (SSSR count). The summed E-state index contributed by atoms with van der Waals surface area (Å²) in [6.07, 6.45) is 1.61. The van der Waals surface area contributed by atoms with E-state index in [9.17, 15) is 4.79 Å². The Hall–Kier alpha value is -3.31. The monoisotopic (exact) mass is 379 g/mol. The van der Waals surface area contributed by atoms with E-state index in [0.717, 1.165) is 17.0 Å². The zero-order valence-corrected chi connectivity index (χ0v) is 15.4. The normalized spacial score (nSPS) is 10.2. The Kier molecular flexibility index (Phi) is 6.07. The third-order valence-electron chi connectivity index (χ3n) is 3.77. The average molecular weight is 379 g/mol. The van der Waals surface area contributed by atoms with E-state index >= 15 is 0 Å². The van der Waals surface area contributed by atoms with Crippen molar-refractivity contribution in [1.29, 1.82) is 5.26 Å². The third kappa shape index (κ3) is 4.86. The van der Waals surface area contributed by atoms with Crippen molar-refractivity contribution in [3.05, 3.63) is 66.0 Å².